The van der Waals surface area contributed by atoms with Gasteiger partial charge >= 0.3 is 0 Å². The molecule has 0 atom stereocenters. The molecule has 0 saturated heterocycles. The van der Waals surface area contributed by atoms with Crippen molar-refractivity contribution in [2.45, 2.75) is 2.65 Å². The van der Waals surface area contributed by atoms with Gasteiger partial charge in [0, 0.05) is 22.5 Å². The topological polar surface area (TPSA) is 28.7 Å². The number of halogens is 3. The predicted molar refractivity (Wildman–Crippen MR) is 84.2 cm³/mol. The average Bonchev–Trinajstić information content (AvgIpc) is 2.66. The number of nitrogens with one attached hydrogen (secondary N) is 1. The maximum atomic E-state index is 4.08. The summed E-state index contributed by atoms with van der Waals surface area (Å²) in [5, 5.41) is 2.51. The van der Waals surface area contributed by atoms with E-state index in [9.17, 15) is 0 Å². The second kappa shape index (κ2) is 5.98. The van der Waals surface area contributed by atoms with E-state index in [1.165, 1.54) is 16.3 Å². The first-order valence-electron chi connectivity index (χ1n) is 4.91. The summed E-state index contributed by atoms with van der Waals surface area (Å²) < 4.78 is 0.271. The molecule has 3 aromatic rings. The Morgan fingerprint density at radius 2 is 1.59 bits per heavy atom. The van der Waals surface area contributed by atoms with Crippen LogP contribution in [-0.4, -0.2) is 12.6 Å². The van der Waals surface area contributed by atoms with Crippen LogP contribution in [0, 0.1) is 0 Å². The molecule has 0 radical (unpaired) electrons. The molecule has 0 aliphatic carbocycles. The molecule has 5 heteroatoms. The fraction of sp³-hybridized carbons (Fsp3) is 0.0833. The van der Waals surface area contributed by atoms with Crippen LogP contribution >= 0.6 is 47.8 Å². The van der Waals surface area contributed by atoms with Gasteiger partial charge in [0.15, 0.2) is 0 Å². The Hall–Kier alpha value is -0.390. The Morgan fingerprint density at radius 1 is 0.941 bits per heavy atom. The number of aromatic nitrogens is 2. The lowest BCUT2D eigenvalue weighted by Crippen LogP contribution is -1.68. The summed E-state index contributed by atoms with van der Waals surface area (Å²) in [5.41, 5.74) is 2.27. The van der Waals surface area contributed by atoms with E-state index >= 15 is 0 Å². The molecule has 0 aliphatic heterocycles. The summed E-state index contributed by atoms with van der Waals surface area (Å²) >= 11 is 9.31. The zero-order valence-electron chi connectivity index (χ0n) is 8.70. The highest BCUT2D eigenvalue weighted by Gasteiger charge is 2.00. The van der Waals surface area contributed by atoms with E-state index in [0.717, 1.165) is 5.52 Å². The Balaban J connectivity index is 0.000000239. The Bertz CT molecular complexity index is 566. The third kappa shape index (κ3) is 3.30. The third-order valence-electron chi connectivity index (χ3n) is 2.31. The molecule has 17 heavy (non-hydrogen) atoms. The Kier molecular flexibility index (Phi) is 4.59. The van der Waals surface area contributed by atoms with Crippen molar-refractivity contribution in [2.75, 3.05) is 0 Å². The van der Waals surface area contributed by atoms with Gasteiger partial charge in [-0.05, 0) is 12.1 Å². The SMILES string of the molecule is BrC(Br)Br.c1ccc2c(c1)[nH]c1cnccc12. The summed E-state index contributed by atoms with van der Waals surface area (Å²) in [4.78, 5) is 7.39. The number of rotatable bonds is 0. The first-order chi connectivity index (χ1) is 8.18. The molecule has 1 aromatic carbocycles. The lowest BCUT2D eigenvalue weighted by atomic mass is 10.2. The van der Waals surface area contributed by atoms with Gasteiger partial charge < -0.3 is 4.98 Å². The van der Waals surface area contributed by atoms with Gasteiger partial charge in [-0.25, -0.2) is 0 Å². The van der Waals surface area contributed by atoms with Crippen LogP contribution in [0.1, 0.15) is 0 Å². The summed E-state index contributed by atoms with van der Waals surface area (Å²) in [5.74, 6) is 0. The largest absolute Gasteiger partial charge is 0.353 e. The number of aromatic amines is 1. The Labute approximate surface area is 124 Å². The molecule has 0 unspecified atom stereocenters. The van der Waals surface area contributed by atoms with Crippen molar-refractivity contribution in [3.8, 4) is 0 Å². The normalized spacial score (nSPS) is 10.6. The van der Waals surface area contributed by atoms with Crippen molar-refractivity contribution in [3.63, 3.8) is 0 Å². The highest BCUT2D eigenvalue weighted by molar-refractivity contribution is 9.38. The van der Waals surface area contributed by atoms with Gasteiger partial charge in [-0.2, -0.15) is 0 Å². The number of nitrogens with zero attached hydrogens (tertiary/aromatic N) is 1. The first kappa shape index (κ1) is 13.1. The number of fused-ring (bicyclic) bond motifs is 3. The standard InChI is InChI=1S/C11H8N2.CHBr3/c1-2-4-10-8(3-1)9-5-6-12-7-11(9)13-10;2-1(3)4/h1-7,13H;1H. The van der Waals surface area contributed by atoms with Crippen LogP contribution in [0.5, 0.6) is 0 Å². The fourth-order valence-corrected chi connectivity index (χ4v) is 1.70. The lowest BCUT2D eigenvalue weighted by molar-refractivity contribution is 1.35. The number of benzene rings is 1. The van der Waals surface area contributed by atoms with Crippen molar-refractivity contribution in [2.24, 2.45) is 0 Å². The Morgan fingerprint density at radius 3 is 2.35 bits per heavy atom. The van der Waals surface area contributed by atoms with E-state index in [4.69, 9.17) is 0 Å². The summed E-state index contributed by atoms with van der Waals surface area (Å²) in [6.07, 6.45) is 3.68. The molecule has 1 N–H and O–H groups in total. The van der Waals surface area contributed by atoms with E-state index in [-0.39, 0.29) is 2.65 Å². The molecule has 0 fully saturated rings. The van der Waals surface area contributed by atoms with Crippen molar-refractivity contribution >= 4 is 69.6 Å². The molecule has 88 valence electrons. The predicted octanol–water partition coefficient (Wildman–Crippen LogP) is 5.17. The van der Waals surface area contributed by atoms with Gasteiger partial charge in [0.25, 0.3) is 0 Å². The fourth-order valence-electron chi connectivity index (χ4n) is 1.70. The number of hydrogen-bond acceptors (Lipinski definition) is 1. The van der Waals surface area contributed by atoms with Crippen LogP contribution in [0.2, 0.25) is 0 Å². The van der Waals surface area contributed by atoms with Crippen LogP contribution < -0.4 is 0 Å². The van der Waals surface area contributed by atoms with Crippen molar-refractivity contribution in [1.82, 2.24) is 9.97 Å². The number of hydrogen-bond donors (Lipinski definition) is 1. The zero-order valence-corrected chi connectivity index (χ0v) is 13.5. The number of para-hydroxylation sites is 1. The summed E-state index contributed by atoms with van der Waals surface area (Å²) in [6, 6.07) is 10.3. The molecule has 3 rings (SSSR count). The summed E-state index contributed by atoms with van der Waals surface area (Å²) in [7, 11) is 0. The molecule has 2 nitrogen and oxygen atoms in total. The van der Waals surface area contributed by atoms with E-state index in [1.807, 2.05) is 24.5 Å². The maximum absolute atomic E-state index is 4.08. The van der Waals surface area contributed by atoms with Crippen molar-refractivity contribution in [1.29, 1.82) is 0 Å². The van der Waals surface area contributed by atoms with Crippen LogP contribution in [0.15, 0.2) is 42.7 Å². The lowest BCUT2D eigenvalue weighted by Gasteiger charge is -1.87. The van der Waals surface area contributed by atoms with Gasteiger partial charge in [-0.15, -0.1) is 0 Å². The quantitative estimate of drug-likeness (QED) is 0.499. The molecule has 0 amide bonds. The highest BCUT2D eigenvalue weighted by Crippen LogP contribution is 2.23. The first-order valence-corrected chi connectivity index (χ1v) is 7.66. The van der Waals surface area contributed by atoms with E-state index in [1.54, 1.807) is 0 Å². The average molecular weight is 421 g/mol. The molecule has 0 saturated carbocycles. The summed E-state index contributed by atoms with van der Waals surface area (Å²) in [6.45, 7) is 0. The number of alkyl halides is 3. The smallest absolute Gasteiger partial charge is 0.124 e. The minimum Gasteiger partial charge on any atom is -0.353 e. The van der Waals surface area contributed by atoms with Crippen LogP contribution in [-0.2, 0) is 0 Å². The molecule has 0 spiro atoms. The van der Waals surface area contributed by atoms with Gasteiger partial charge in [-0.1, -0.05) is 66.0 Å². The molecular formula is C12H9Br3N2. The molecule has 0 aliphatic rings. The monoisotopic (exact) mass is 418 g/mol. The third-order valence-corrected chi connectivity index (χ3v) is 2.31. The van der Waals surface area contributed by atoms with E-state index in [0.29, 0.717) is 0 Å². The second-order valence-corrected chi connectivity index (χ2v) is 9.77. The van der Waals surface area contributed by atoms with Crippen LogP contribution in [0.25, 0.3) is 21.8 Å². The molecular weight excluding hydrogens is 412 g/mol. The van der Waals surface area contributed by atoms with Gasteiger partial charge in [0.1, 0.15) is 2.65 Å². The molecule has 2 aromatic heterocycles. The van der Waals surface area contributed by atoms with Gasteiger partial charge in [0.05, 0.1) is 11.7 Å². The minimum atomic E-state index is 0.271. The van der Waals surface area contributed by atoms with E-state index in [2.05, 4.69) is 76.0 Å². The zero-order chi connectivity index (χ0) is 12.3. The number of H-pyrrole nitrogens is 1. The van der Waals surface area contributed by atoms with Crippen molar-refractivity contribution in [3.05, 3.63) is 42.7 Å². The van der Waals surface area contributed by atoms with Crippen molar-refractivity contribution < 1.29 is 0 Å². The molecule has 2 heterocycles. The van der Waals surface area contributed by atoms with E-state index < -0.39 is 0 Å². The second-order valence-electron chi connectivity index (χ2n) is 3.34. The van der Waals surface area contributed by atoms with Crippen LogP contribution in [0.3, 0.4) is 0 Å². The van der Waals surface area contributed by atoms with Crippen LogP contribution in [0.4, 0.5) is 0 Å². The van der Waals surface area contributed by atoms with Gasteiger partial charge in [0.2, 0.25) is 0 Å². The highest BCUT2D eigenvalue weighted by atomic mass is 80.0. The maximum Gasteiger partial charge on any atom is 0.124 e. The minimum absolute atomic E-state index is 0.271. The molecule has 0 bridgehead atoms. The number of pyridine rings is 1. The van der Waals surface area contributed by atoms with Gasteiger partial charge in [-0.3, -0.25) is 4.98 Å².